The summed E-state index contributed by atoms with van der Waals surface area (Å²) < 4.78 is 25.9. The molecule has 0 amide bonds. The van der Waals surface area contributed by atoms with E-state index in [0.29, 0.717) is 11.4 Å². The van der Waals surface area contributed by atoms with Gasteiger partial charge in [-0.2, -0.15) is 4.31 Å². The summed E-state index contributed by atoms with van der Waals surface area (Å²) in [7, 11) is -3.56. The van der Waals surface area contributed by atoms with Crippen molar-refractivity contribution in [1.82, 2.24) is 4.31 Å². The molecule has 0 unspecified atom stereocenters. The molecule has 0 heterocycles. The number of halogens is 1. The van der Waals surface area contributed by atoms with Gasteiger partial charge in [0.05, 0.1) is 4.90 Å². The molecule has 0 aliphatic rings. The van der Waals surface area contributed by atoms with Gasteiger partial charge in [-0.3, -0.25) is 0 Å². The van der Waals surface area contributed by atoms with Crippen LogP contribution in [0, 0.1) is 0 Å². The minimum atomic E-state index is -3.56. The highest BCUT2D eigenvalue weighted by Gasteiger charge is 2.22. The molecule has 18 heavy (non-hydrogen) atoms. The van der Waals surface area contributed by atoms with E-state index in [-0.39, 0.29) is 24.6 Å². The van der Waals surface area contributed by atoms with E-state index >= 15 is 0 Å². The molecule has 0 aliphatic carbocycles. The quantitative estimate of drug-likeness (QED) is 0.780. The van der Waals surface area contributed by atoms with E-state index in [2.05, 4.69) is 6.58 Å². The van der Waals surface area contributed by atoms with E-state index in [4.69, 9.17) is 16.7 Å². The molecule has 1 aromatic carbocycles. The molecule has 100 valence electrons. The Bertz CT molecular complexity index is 485. The van der Waals surface area contributed by atoms with Gasteiger partial charge in [0.1, 0.15) is 0 Å². The first-order valence-electron chi connectivity index (χ1n) is 5.50. The maximum absolute atomic E-state index is 12.3. The van der Waals surface area contributed by atoms with Crippen molar-refractivity contribution in [3.05, 3.63) is 41.9 Å². The number of benzene rings is 1. The molecule has 4 nitrogen and oxygen atoms in total. The summed E-state index contributed by atoms with van der Waals surface area (Å²) in [5.74, 6) is 0. The normalized spacial score (nSPS) is 11.7. The number of aliphatic hydroxyl groups excluding tert-OH is 1. The Balaban J connectivity index is 3.00. The van der Waals surface area contributed by atoms with Gasteiger partial charge >= 0.3 is 0 Å². The van der Waals surface area contributed by atoms with Gasteiger partial charge in [-0.05, 0) is 30.7 Å². The second-order valence-corrected chi connectivity index (χ2v) is 6.06. The van der Waals surface area contributed by atoms with Gasteiger partial charge in [-0.25, -0.2) is 8.42 Å². The third-order valence-corrected chi connectivity index (χ3v) is 4.48. The molecule has 0 aromatic heterocycles. The summed E-state index contributed by atoms with van der Waals surface area (Å²) in [6.45, 7) is 3.96. The Labute approximate surface area is 113 Å². The van der Waals surface area contributed by atoms with E-state index in [9.17, 15) is 8.42 Å². The number of rotatable bonds is 7. The Morgan fingerprint density at radius 1 is 1.33 bits per heavy atom. The fourth-order valence-electron chi connectivity index (χ4n) is 1.46. The Kier molecular flexibility index (Phi) is 5.81. The lowest BCUT2D eigenvalue weighted by Gasteiger charge is -2.20. The highest BCUT2D eigenvalue weighted by molar-refractivity contribution is 7.89. The van der Waals surface area contributed by atoms with Crippen LogP contribution in [-0.2, 0) is 10.0 Å². The molecular weight excluding hydrogens is 274 g/mol. The van der Waals surface area contributed by atoms with Crippen LogP contribution in [0.25, 0.3) is 0 Å². The molecule has 0 radical (unpaired) electrons. The van der Waals surface area contributed by atoms with Gasteiger partial charge < -0.3 is 5.11 Å². The number of aliphatic hydroxyl groups is 1. The zero-order valence-electron chi connectivity index (χ0n) is 9.92. The lowest BCUT2D eigenvalue weighted by molar-refractivity contribution is 0.272. The maximum Gasteiger partial charge on any atom is 0.243 e. The first kappa shape index (κ1) is 15.2. The highest BCUT2D eigenvalue weighted by atomic mass is 35.5. The maximum atomic E-state index is 12.3. The van der Waals surface area contributed by atoms with Crippen molar-refractivity contribution in [3.8, 4) is 0 Å². The summed E-state index contributed by atoms with van der Waals surface area (Å²) in [6, 6.07) is 6.00. The van der Waals surface area contributed by atoms with Crippen molar-refractivity contribution in [1.29, 1.82) is 0 Å². The molecule has 0 spiro atoms. The van der Waals surface area contributed by atoms with Gasteiger partial charge in [-0.1, -0.05) is 17.7 Å². The van der Waals surface area contributed by atoms with E-state index in [1.807, 2.05) is 0 Å². The molecule has 0 atom stereocenters. The van der Waals surface area contributed by atoms with Crippen LogP contribution < -0.4 is 0 Å². The Hall–Kier alpha value is -0.880. The molecule has 0 saturated carbocycles. The summed E-state index contributed by atoms with van der Waals surface area (Å²) in [5, 5.41) is 9.28. The standard InChI is InChI=1S/C12H16ClNO3S/c1-2-8-14(9-3-10-15)18(16,17)12-6-4-11(13)5-7-12/h2,4-7,15H,1,3,8-10H2. The predicted octanol–water partition coefficient (Wildman–Crippen LogP) is 1.90. The van der Waals surface area contributed by atoms with Crippen LogP contribution in [0.5, 0.6) is 0 Å². The molecule has 1 aromatic rings. The number of hydrogen-bond donors (Lipinski definition) is 1. The smallest absolute Gasteiger partial charge is 0.243 e. The van der Waals surface area contributed by atoms with Crippen molar-refractivity contribution in [3.63, 3.8) is 0 Å². The molecule has 0 aliphatic heterocycles. The molecule has 1 N–H and O–H groups in total. The average molecular weight is 290 g/mol. The number of nitrogens with zero attached hydrogens (tertiary/aromatic N) is 1. The summed E-state index contributed by atoms with van der Waals surface area (Å²) >= 11 is 5.73. The van der Waals surface area contributed by atoms with Crippen molar-refractivity contribution in [2.75, 3.05) is 19.7 Å². The van der Waals surface area contributed by atoms with Crippen LogP contribution in [0.15, 0.2) is 41.8 Å². The summed E-state index contributed by atoms with van der Waals surface area (Å²) in [5.41, 5.74) is 0. The van der Waals surface area contributed by atoms with E-state index < -0.39 is 10.0 Å². The predicted molar refractivity (Wildman–Crippen MR) is 72.1 cm³/mol. The SMILES string of the molecule is C=CCN(CCCO)S(=O)(=O)c1ccc(Cl)cc1. The van der Waals surface area contributed by atoms with Gasteiger partial charge in [-0.15, -0.1) is 6.58 Å². The second-order valence-electron chi connectivity index (χ2n) is 3.68. The van der Waals surface area contributed by atoms with E-state index in [0.717, 1.165) is 0 Å². The lowest BCUT2D eigenvalue weighted by atomic mass is 10.4. The Morgan fingerprint density at radius 3 is 2.44 bits per heavy atom. The molecule has 0 saturated heterocycles. The van der Waals surface area contributed by atoms with Gasteiger partial charge in [0.2, 0.25) is 10.0 Å². The Morgan fingerprint density at radius 2 is 1.94 bits per heavy atom. The fourth-order valence-corrected chi connectivity index (χ4v) is 3.03. The first-order valence-corrected chi connectivity index (χ1v) is 7.31. The zero-order chi connectivity index (χ0) is 13.6. The van der Waals surface area contributed by atoms with Crippen LogP contribution in [-0.4, -0.2) is 37.5 Å². The monoisotopic (exact) mass is 289 g/mol. The zero-order valence-corrected chi connectivity index (χ0v) is 11.5. The molecule has 0 fully saturated rings. The van der Waals surface area contributed by atoms with Crippen molar-refractivity contribution >= 4 is 21.6 Å². The van der Waals surface area contributed by atoms with Gasteiger partial charge in [0, 0.05) is 24.7 Å². The van der Waals surface area contributed by atoms with Crippen molar-refractivity contribution in [2.45, 2.75) is 11.3 Å². The average Bonchev–Trinajstić information content (AvgIpc) is 2.35. The third-order valence-electron chi connectivity index (χ3n) is 2.35. The minimum absolute atomic E-state index is 0.0518. The van der Waals surface area contributed by atoms with Crippen molar-refractivity contribution in [2.24, 2.45) is 0 Å². The van der Waals surface area contributed by atoms with Crippen LogP contribution in [0.3, 0.4) is 0 Å². The molecule has 6 heteroatoms. The molecule has 0 bridgehead atoms. The topological polar surface area (TPSA) is 57.6 Å². The van der Waals surface area contributed by atoms with Gasteiger partial charge in [0.25, 0.3) is 0 Å². The minimum Gasteiger partial charge on any atom is -0.396 e. The molecular formula is C12H16ClNO3S. The highest BCUT2D eigenvalue weighted by Crippen LogP contribution is 2.18. The van der Waals surface area contributed by atoms with Crippen LogP contribution in [0.4, 0.5) is 0 Å². The number of sulfonamides is 1. The number of hydrogen-bond acceptors (Lipinski definition) is 3. The van der Waals surface area contributed by atoms with E-state index in [1.165, 1.54) is 34.6 Å². The third kappa shape index (κ3) is 3.81. The summed E-state index contributed by atoms with van der Waals surface area (Å²) in [6.07, 6.45) is 1.91. The second kappa shape index (κ2) is 6.89. The summed E-state index contributed by atoms with van der Waals surface area (Å²) in [4.78, 5) is 0.187. The largest absolute Gasteiger partial charge is 0.396 e. The van der Waals surface area contributed by atoms with Gasteiger partial charge in [0.15, 0.2) is 0 Å². The lowest BCUT2D eigenvalue weighted by Crippen LogP contribution is -2.32. The molecule has 1 rings (SSSR count). The fraction of sp³-hybridized carbons (Fsp3) is 0.333. The van der Waals surface area contributed by atoms with Crippen LogP contribution in [0.2, 0.25) is 5.02 Å². The van der Waals surface area contributed by atoms with Crippen molar-refractivity contribution < 1.29 is 13.5 Å². The first-order chi connectivity index (χ1) is 8.52. The van der Waals surface area contributed by atoms with Crippen LogP contribution >= 0.6 is 11.6 Å². The van der Waals surface area contributed by atoms with Crippen LogP contribution in [0.1, 0.15) is 6.42 Å². The van der Waals surface area contributed by atoms with E-state index in [1.54, 1.807) is 0 Å².